The Balaban J connectivity index is 2.06. The van der Waals surface area contributed by atoms with Crippen LogP contribution in [0.3, 0.4) is 0 Å². The van der Waals surface area contributed by atoms with Crippen LogP contribution in [0.25, 0.3) is 0 Å². The minimum absolute atomic E-state index is 0.0281. The summed E-state index contributed by atoms with van der Waals surface area (Å²) in [5.74, 6) is -1.10. The summed E-state index contributed by atoms with van der Waals surface area (Å²) in [6, 6.07) is 15.1. The largest absolute Gasteiger partial charge is 0.478 e. The smallest absolute Gasteiger partial charge is 0.335 e. The van der Waals surface area contributed by atoms with E-state index in [4.69, 9.17) is 21.4 Å². The number of hydrogen-bond acceptors (Lipinski definition) is 5. The molecule has 0 aromatic heterocycles. The summed E-state index contributed by atoms with van der Waals surface area (Å²) in [5, 5.41) is 8.80. The minimum Gasteiger partial charge on any atom is -0.478 e. The Kier molecular flexibility index (Phi) is 8.83. The number of rotatable bonds is 11. The number of halogens is 3. The normalized spacial score (nSPS) is 12.4. The molecule has 0 saturated heterocycles. The molecule has 3 aromatic carbocycles. The Morgan fingerprint density at radius 2 is 1.66 bits per heavy atom. The molecule has 0 radical (unpaired) electrons. The highest BCUT2D eigenvalue weighted by atomic mass is 35.5. The molecule has 0 heterocycles. The molecule has 0 spiro atoms. The first kappa shape index (κ1) is 29.5. The van der Waals surface area contributed by atoms with E-state index in [1.807, 2.05) is 0 Å². The fraction of sp³-hybridized carbons (Fsp3) is 0.192. The van der Waals surface area contributed by atoms with Crippen LogP contribution in [0.15, 0.2) is 84.5 Å². The molecule has 12 heteroatoms. The Hall–Kier alpha value is -3.04. The fourth-order valence-electron chi connectivity index (χ4n) is 3.57. The van der Waals surface area contributed by atoms with Crippen LogP contribution in [0.2, 0.25) is 5.02 Å². The van der Waals surface area contributed by atoms with Crippen LogP contribution >= 0.6 is 18.7 Å². The maximum Gasteiger partial charge on any atom is 0.335 e. The summed E-state index contributed by atoms with van der Waals surface area (Å²) < 4.78 is 75.5. The maximum atomic E-state index is 14.7. The number of alkyl halides is 2. The van der Waals surface area contributed by atoms with Gasteiger partial charge in [0.25, 0.3) is 0 Å². The van der Waals surface area contributed by atoms with E-state index in [0.717, 1.165) is 30.0 Å². The lowest BCUT2D eigenvalue weighted by Gasteiger charge is -2.25. The SMILES string of the molecule is C=COc1ccccc1S(=O)(=O)N(Cc1ccc(C(=O)O)cc1)Cc1ccc(C(F)(F)P(C)(C)=O)c(Cl)c1. The van der Waals surface area contributed by atoms with Crippen LogP contribution in [-0.4, -0.2) is 37.1 Å². The second kappa shape index (κ2) is 11.4. The summed E-state index contributed by atoms with van der Waals surface area (Å²) in [6.45, 7) is 4.93. The van der Waals surface area contributed by atoms with E-state index in [1.165, 1.54) is 54.6 Å². The van der Waals surface area contributed by atoms with Gasteiger partial charge < -0.3 is 14.4 Å². The van der Waals surface area contributed by atoms with Gasteiger partial charge in [0, 0.05) is 18.7 Å². The van der Waals surface area contributed by atoms with Gasteiger partial charge in [0.15, 0.2) is 7.14 Å². The van der Waals surface area contributed by atoms with Gasteiger partial charge in [0.1, 0.15) is 10.6 Å². The topological polar surface area (TPSA) is 101 Å². The third-order valence-electron chi connectivity index (χ3n) is 5.63. The third kappa shape index (κ3) is 6.32. The van der Waals surface area contributed by atoms with E-state index < -0.39 is 34.4 Å². The van der Waals surface area contributed by atoms with Crippen LogP contribution in [0, 0.1) is 0 Å². The fourth-order valence-corrected chi connectivity index (χ4v) is 6.27. The highest BCUT2D eigenvalue weighted by Gasteiger charge is 2.46. The number of aromatic carboxylic acids is 1. The summed E-state index contributed by atoms with van der Waals surface area (Å²) in [5.41, 5.74) is -3.47. The summed E-state index contributed by atoms with van der Waals surface area (Å²) in [4.78, 5) is 11.0. The first-order chi connectivity index (χ1) is 17.7. The number of para-hydroxylation sites is 1. The molecule has 0 bridgehead atoms. The number of carboxylic acids is 1. The van der Waals surface area contributed by atoms with E-state index in [1.54, 1.807) is 6.07 Å². The van der Waals surface area contributed by atoms with Crippen molar-refractivity contribution in [2.24, 2.45) is 0 Å². The Bertz CT molecular complexity index is 1510. The molecular formula is C26H25ClF2NO6PS. The van der Waals surface area contributed by atoms with Crippen molar-refractivity contribution >= 4 is 34.7 Å². The molecule has 0 atom stereocenters. The lowest BCUT2D eigenvalue weighted by molar-refractivity contribution is 0.0696. The average molecular weight is 584 g/mol. The van der Waals surface area contributed by atoms with Crippen molar-refractivity contribution < 1.29 is 36.4 Å². The number of carboxylic acid groups (broad SMARTS) is 1. The van der Waals surface area contributed by atoms with E-state index in [2.05, 4.69) is 6.58 Å². The molecule has 3 rings (SSSR count). The van der Waals surface area contributed by atoms with Gasteiger partial charge >= 0.3 is 11.6 Å². The quantitative estimate of drug-likeness (QED) is 0.201. The Labute approximate surface area is 224 Å². The number of ether oxygens (including phenoxy) is 1. The summed E-state index contributed by atoms with van der Waals surface area (Å²) >= 11 is 6.15. The lowest BCUT2D eigenvalue weighted by Crippen LogP contribution is -2.30. The summed E-state index contributed by atoms with van der Waals surface area (Å²) in [6.07, 6.45) is 1.09. The molecule has 202 valence electrons. The first-order valence-electron chi connectivity index (χ1n) is 11.1. The number of sulfonamides is 1. The number of hydrogen-bond donors (Lipinski definition) is 1. The van der Waals surface area contributed by atoms with Crippen molar-refractivity contribution in [1.82, 2.24) is 4.31 Å². The number of nitrogens with zero attached hydrogens (tertiary/aromatic N) is 1. The monoisotopic (exact) mass is 583 g/mol. The van der Waals surface area contributed by atoms with E-state index in [9.17, 15) is 26.6 Å². The van der Waals surface area contributed by atoms with Gasteiger partial charge in [-0.2, -0.15) is 13.1 Å². The van der Waals surface area contributed by atoms with Gasteiger partial charge in [-0.1, -0.05) is 54.6 Å². The standard InChI is InChI=1S/C26H25ClF2NO6PS/c1-4-36-23-7-5-6-8-24(23)38(34,35)30(16-18-9-12-20(13-10-18)25(31)32)17-19-11-14-21(22(27)15-19)26(28,29)37(2,3)33/h4-15H,1,16-17H2,2-3H3,(H,31,32). The van der Waals surface area contributed by atoms with Gasteiger partial charge in [-0.05, 0) is 54.8 Å². The molecule has 7 nitrogen and oxygen atoms in total. The molecule has 0 aliphatic rings. The molecular weight excluding hydrogens is 559 g/mol. The van der Waals surface area contributed by atoms with E-state index in [0.29, 0.717) is 11.1 Å². The van der Waals surface area contributed by atoms with Crippen molar-refractivity contribution in [1.29, 1.82) is 0 Å². The number of benzene rings is 3. The molecule has 0 aliphatic heterocycles. The molecule has 0 unspecified atom stereocenters. The van der Waals surface area contributed by atoms with Gasteiger partial charge in [-0.3, -0.25) is 0 Å². The molecule has 0 fully saturated rings. The van der Waals surface area contributed by atoms with Crippen molar-refractivity contribution in [3.63, 3.8) is 0 Å². The van der Waals surface area contributed by atoms with Crippen molar-refractivity contribution in [3.8, 4) is 5.75 Å². The third-order valence-corrected chi connectivity index (χ3v) is 9.37. The molecule has 0 aliphatic carbocycles. The lowest BCUT2D eigenvalue weighted by atomic mass is 10.1. The molecule has 3 aromatic rings. The predicted octanol–water partition coefficient (Wildman–Crippen LogP) is 6.62. The molecule has 38 heavy (non-hydrogen) atoms. The average Bonchev–Trinajstić information content (AvgIpc) is 2.83. The highest BCUT2D eigenvalue weighted by molar-refractivity contribution is 7.89. The van der Waals surface area contributed by atoms with Crippen LogP contribution < -0.4 is 4.74 Å². The summed E-state index contributed by atoms with van der Waals surface area (Å²) in [7, 11) is -8.13. The van der Waals surface area contributed by atoms with Crippen molar-refractivity contribution in [2.45, 2.75) is 23.6 Å². The highest BCUT2D eigenvalue weighted by Crippen LogP contribution is 2.61. The Morgan fingerprint density at radius 1 is 1.08 bits per heavy atom. The first-order valence-corrected chi connectivity index (χ1v) is 15.5. The van der Waals surface area contributed by atoms with Gasteiger partial charge in [-0.25, -0.2) is 13.2 Å². The van der Waals surface area contributed by atoms with Gasteiger partial charge in [0.2, 0.25) is 10.0 Å². The van der Waals surface area contributed by atoms with Gasteiger partial charge in [-0.15, -0.1) is 0 Å². The van der Waals surface area contributed by atoms with Crippen LogP contribution in [0.1, 0.15) is 27.0 Å². The maximum absolute atomic E-state index is 14.7. The zero-order chi connectivity index (χ0) is 28.3. The minimum atomic E-state index is -4.24. The van der Waals surface area contributed by atoms with Crippen LogP contribution in [-0.2, 0) is 33.3 Å². The second-order valence-corrected chi connectivity index (χ2v) is 14.3. The van der Waals surface area contributed by atoms with Gasteiger partial charge in [0.05, 0.1) is 16.8 Å². The van der Waals surface area contributed by atoms with Crippen molar-refractivity contribution in [2.75, 3.05) is 13.3 Å². The van der Waals surface area contributed by atoms with E-state index in [-0.39, 0.29) is 34.3 Å². The zero-order valence-corrected chi connectivity index (χ0v) is 22.9. The van der Waals surface area contributed by atoms with E-state index >= 15 is 0 Å². The zero-order valence-electron chi connectivity index (χ0n) is 20.5. The second-order valence-electron chi connectivity index (χ2n) is 8.71. The molecule has 1 N–H and O–H groups in total. The number of carbonyl (C=O) groups is 1. The molecule has 0 saturated carbocycles. The molecule has 0 amide bonds. The van der Waals surface area contributed by atoms with Crippen LogP contribution in [0.5, 0.6) is 5.75 Å². The van der Waals surface area contributed by atoms with Crippen LogP contribution in [0.4, 0.5) is 8.78 Å². The van der Waals surface area contributed by atoms with Crippen molar-refractivity contribution in [3.05, 3.63) is 107 Å². The predicted molar refractivity (Wildman–Crippen MR) is 142 cm³/mol. The Morgan fingerprint density at radius 3 is 2.21 bits per heavy atom.